The summed E-state index contributed by atoms with van der Waals surface area (Å²) in [6.45, 7) is 0.605. The monoisotopic (exact) mass is 285 g/mol. The van der Waals surface area contributed by atoms with Crippen LogP contribution in [0.1, 0.15) is 28.2 Å². The molecule has 0 spiro atoms. The van der Waals surface area contributed by atoms with Gasteiger partial charge in [0.05, 0.1) is 0 Å². The van der Waals surface area contributed by atoms with Gasteiger partial charge in [0, 0.05) is 17.5 Å². The van der Waals surface area contributed by atoms with Crippen LogP contribution in [0.4, 0.5) is 0 Å². The van der Waals surface area contributed by atoms with Crippen LogP contribution in [0.3, 0.4) is 0 Å². The van der Waals surface area contributed by atoms with Crippen LogP contribution in [0, 0.1) is 0 Å². The minimum atomic E-state index is 0.174. The van der Waals surface area contributed by atoms with E-state index in [1.165, 1.54) is 22.3 Å². The highest BCUT2D eigenvalue weighted by Gasteiger charge is 2.23. The zero-order valence-corrected chi connectivity index (χ0v) is 11.9. The molecule has 1 N–H and O–H groups in total. The third kappa shape index (κ3) is 2.44. The van der Waals surface area contributed by atoms with Gasteiger partial charge in [-0.2, -0.15) is 0 Å². The molecule has 0 heterocycles. The van der Waals surface area contributed by atoms with E-state index in [0.29, 0.717) is 6.54 Å². The SMILES string of the molecule is O=CNC[C@H]1c2ccccc2CCc2ccc(Cl)cc21. The van der Waals surface area contributed by atoms with Crippen molar-refractivity contribution in [1.29, 1.82) is 0 Å². The van der Waals surface area contributed by atoms with Gasteiger partial charge in [0.2, 0.25) is 6.41 Å². The van der Waals surface area contributed by atoms with E-state index < -0.39 is 0 Å². The fraction of sp³-hybridized carbons (Fsp3) is 0.235. The molecule has 2 nitrogen and oxygen atoms in total. The Balaban J connectivity index is 2.13. The number of nitrogens with one attached hydrogen (secondary N) is 1. The second-order valence-electron chi connectivity index (χ2n) is 5.12. The predicted molar refractivity (Wildman–Crippen MR) is 81.2 cm³/mol. The molecule has 0 fully saturated rings. The Kier molecular flexibility index (Phi) is 3.75. The highest BCUT2D eigenvalue weighted by Crippen LogP contribution is 2.35. The summed E-state index contributed by atoms with van der Waals surface area (Å²) >= 11 is 6.17. The molecule has 2 aromatic rings. The van der Waals surface area contributed by atoms with E-state index in [1.807, 2.05) is 12.1 Å². The fourth-order valence-electron chi connectivity index (χ4n) is 3.04. The number of hydrogen-bond acceptors (Lipinski definition) is 1. The molecule has 3 rings (SSSR count). The molecular weight excluding hydrogens is 270 g/mol. The predicted octanol–water partition coefficient (Wildman–Crippen LogP) is 3.32. The zero-order valence-electron chi connectivity index (χ0n) is 11.1. The van der Waals surface area contributed by atoms with Crippen LogP contribution in [0.5, 0.6) is 0 Å². The maximum atomic E-state index is 10.7. The largest absolute Gasteiger partial charge is 0.358 e. The summed E-state index contributed by atoms with van der Waals surface area (Å²) in [6, 6.07) is 14.6. The van der Waals surface area contributed by atoms with Crippen molar-refractivity contribution in [3.63, 3.8) is 0 Å². The molecule has 3 heteroatoms. The molecule has 0 aliphatic heterocycles. The molecule has 102 valence electrons. The normalized spacial score (nSPS) is 16.8. The molecule has 0 bridgehead atoms. The van der Waals surface area contributed by atoms with Gasteiger partial charge in [0.15, 0.2) is 0 Å². The molecule has 0 saturated carbocycles. The van der Waals surface area contributed by atoms with Crippen LogP contribution in [0.15, 0.2) is 42.5 Å². The number of hydrogen-bond donors (Lipinski definition) is 1. The summed E-state index contributed by atoms with van der Waals surface area (Å²) in [5, 5.41) is 3.57. The number of carbonyl (C=O) groups excluding carboxylic acids is 1. The molecule has 0 aromatic heterocycles. The lowest BCUT2D eigenvalue weighted by Crippen LogP contribution is -2.21. The van der Waals surface area contributed by atoms with E-state index in [0.717, 1.165) is 24.3 Å². The van der Waals surface area contributed by atoms with Crippen LogP contribution in [-0.4, -0.2) is 13.0 Å². The highest BCUT2D eigenvalue weighted by atomic mass is 35.5. The molecule has 0 saturated heterocycles. The Labute approximate surface area is 123 Å². The van der Waals surface area contributed by atoms with Crippen LogP contribution >= 0.6 is 11.6 Å². The first-order valence-electron chi connectivity index (χ1n) is 6.83. The maximum Gasteiger partial charge on any atom is 0.207 e. The Morgan fingerprint density at radius 3 is 2.65 bits per heavy atom. The van der Waals surface area contributed by atoms with Gasteiger partial charge in [0.1, 0.15) is 0 Å². The van der Waals surface area contributed by atoms with Gasteiger partial charge in [-0.1, -0.05) is 41.9 Å². The van der Waals surface area contributed by atoms with Gasteiger partial charge in [-0.25, -0.2) is 0 Å². The quantitative estimate of drug-likeness (QED) is 0.861. The van der Waals surface area contributed by atoms with Gasteiger partial charge < -0.3 is 5.32 Å². The molecule has 2 aromatic carbocycles. The van der Waals surface area contributed by atoms with Crippen LogP contribution < -0.4 is 5.32 Å². The number of carbonyl (C=O) groups is 1. The van der Waals surface area contributed by atoms with Crippen molar-refractivity contribution in [3.05, 3.63) is 69.7 Å². The summed E-state index contributed by atoms with van der Waals surface area (Å²) in [6.07, 6.45) is 2.81. The Bertz CT molecular complexity index is 639. The van der Waals surface area contributed by atoms with Crippen molar-refractivity contribution >= 4 is 18.0 Å². The Morgan fingerprint density at radius 2 is 1.85 bits per heavy atom. The van der Waals surface area contributed by atoms with E-state index >= 15 is 0 Å². The molecule has 0 unspecified atom stereocenters. The van der Waals surface area contributed by atoms with Crippen molar-refractivity contribution < 1.29 is 4.79 Å². The lowest BCUT2D eigenvalue weighted by Gasteiger charge is -2.20. The number of rotatable bonds is 3. The Morgan fingerprint density at radius 1 is 1.10 bits per heavy atom. The number of fused-ring (bicyclic) bond motifs is 2. The average molecular weight is 286 g/mol. The Hall–Kier alpha value is -1.80. The first-order valence-corrected chi connectivity index (χ1v) is 7.20. The lowest BCUT2D eigenvalue weighted by molar-refractivity contribution is -0.109. The van der Waals surface area contributed by atoms with Crippen molar-refractivity contribution in [2.75, 3.05) is 6.54 Å². The summed E-state index contributed by atoms with van der Waals surface area (Å²) in [7, 11) is 0. The summed E-state index contributed by atoms with van der Waals surface area (Å²) in [4.78, 5) is 10.7. The van der Waals surface area contributed by atoms with Gasteiger partial charge >= 0.3 is 0 Å². The lowest BCUT2D eigenvalue weighted by atomic mass is 9.88. The van der Waals surface area contributed by atoms with Crippen molar-refractivity contribution in [2.24, 2.45) is 0 Å². The van der Waals surface area contributed by atoms with Crippen molar-refractivity contribution in [1.82, 2.24) is 5.32 Å². The third-order valence-corrected chi connectivity index (χ3v) is 4.22. The second kappa shape index (κ2) is 5.68. The van der Waals surface area contributed by atoms with E-state index in [-0.39, 0.29) is 5.92 Å². The summed E-state index contributed by atoms with van der Waals surface area (Å²) < 4.78 is 0. The van der Waals surface area contributed by atoms with Crippen LogP contribution in [-0.2, 0) is 17.6 Å². The second-order valence-corrected chi connectivity index (χ2v) is 5.56. The van der Waals surface area contributed by atoms with Gasteiger partial charge in [0.25, 0.3) is 0 Å². The highest BCUT2D eigenvalue weighted by molar-refractivity contribution is 6.30. The maximum absolute atomic E-state index is 10.7. The molecule has 20 heavy (non-hydrogen) atoms. The molecule has 1 aliphatic carbocycles. The average Bonchev–Trinajstić information content (AvgIpc) is 2.62. The summed E-state index contributed by atoms with van der Waals surface area (Å²) in [5.74, 6) is 0.174. The number of benzene rings is 2. The summed E-state index contributed by atoms with van der Waals surface area (Å²) in [5.41, 5.74) is 5.21. The van der Waals surface area contributed by atoms with Crippen LogP contribution in [0.25, 0.3) is 0 Å². The topological polar surface area (TPSA) is 29.1 Å². The zero-order chi connectivity index (χ0) is 13.9. The fourth-order valence-corrected chi connectivity index (χ4v) is 3.22. The molecular formula is C17H16ClNO. The minimum absolute atomic E-state index is 0.174. The molecule has 1 atom stereocenters. The minimum Gasteiger partial charge on any atom is -0.358 e. The van der Waals surface area contributed by atoms with E-state index in [2.05, 4.69) is 35.6 Å². The first kappa shape index (κ1) is 13.2. The third-order valence-electron chi connectivity index (χ3n) is 3.98. The number of amides is 1. The first-order chi connectivity index (χ1) is 9.79. The number of aryl methyl sites for hydroxylation is 2. The van der Waals surface area contributed by atoms with Crippen molar-refractivity contribution in [2.45, 2.75) is 18.8 Å². The van der Waals surface area contributed by atoms with Gasteiger partial charge in [-0.05, 0) is 47.2 Å². The van der Waals surface area contributed by atoms with E-state index in [4.69, 9.17) is 11.6 Å². The molecule has 1 aliphatic rings. The van der Waals surface area contributed by atoms with Gasteiger partial charge in [-0.15, -0.1) is 0 Å². The molecule has 1 amide bonds. The smallest absolute Gasteiger partial charge is 0.207 e. The van der Waals surface area contributed by atoms with Crippen LogP contribution in [0.2, 0.25) is 5.02 Å². The van der Waals surface area contributed by atoms with Crippen molar-refractivity contribution in [3.8, 4) is 0 Å². The standard InChI is InChI=1S/C17H16ClNO/c18-14-8-7-13-6-5-12-3-1-2-4-15(12)17(10-19-11-20)16(13)9-14/h1-4,7-9,11,17H,5-6,10H2,(H,19,20)/t17-/m0/s1. The molecule has 0 radical (unpaired) electrons. The van der Waals surface area contributed by atoms with Gasteiger partial charge in [-0.3, -0.25) is 4.79 Å². The van der Waals surface area contributed by atoms with E-state index in [1.54, 1.807) is 0 Å². The number of halogens is 1. The van der Waals surface area contributed by atoms with E-state index in [9.17, 15) is 4.79 Å².